The molecule has 2 aromatic heterocycles. The van der Waals surface area contributed by atoms with Crippen LogP contribution in [0.5, 0.6) is 0 Å². The summed E-state index contributed by atoms with van der Waals surface area (Å²) in [5.41, 5.74) is 12.2. The molecule has 0 amide bonds. The fourth-order valence-electron chi connectivity index (χ4n) is 2.48. The third-order valence-corrected chi connectivity index (χ3v) is 3.54. The van der Waals surface area contributed by atoms with Crippen molar-refractivity contribution in [2.24, 2.45) is 11.7 Å². The van der Waals surface area contributed by atoms with Gasteiger partial charge < -0.3 is 10.6 Å². The first-order valence-corrected chi connectivity index (χ1v) is 7.56. The van der Waals surface area contributed by atoms with Crippen molar-refractivity contribution in [1.82, 2.24) is 9.61 Å². The lowest BCUT2D eigenvalue weighted by atomic mass is 10.1. The molecule has 2 N–H and O–H groups in total. The molecule has 2 aromatic rings. The zero-order valence-corrected chi connectivity index (χ0v) is 13.4. The van der Waals surface area contributed by atoms with Crippen LogP contribution in [0, 0.1) is 5.92 Å². The minimum absolute atomic E-state index is 0. The van der Waals surface area contributed by atoms with Gasteiger partial charge >= 0.3 is 0 Å². The molecular formula is C18H26N4. The summed E-state index contributed by atoms with van der Waals surface area (Å²) in [5.74, 6) is 0.587. The molecule has 0 spiro atoms. The molecule has 118 valence electrons. The molecule has 4 heteroatoms. The summed E-state index contributed by atoms with van der Waals surface area (Å²) in [7, 11) is 0. The van der Waals surface area contributed by atoms with E-state index in [1.807, 2.05) is 16.8 Å². The highest BCUT2D eigenvalue weighted by Crippen LogP contribution is 2.23. The van der Waals surface area contributed by atoms with Crippen LogP contribution >= 0.6 is 0 Å². The van der Waals surface area contributed by atoms with E-state index < -0.39 is 0 Å². The number of aromatic nitrogens is 2. The van der Waals surface area contributed by atoms with E-state index in [-0.39, 0.29) is 1.43 Å². The standard InChI is InChI=1S/C18H24N4.H2/c1-5-7-9-21(13-14(3)4)15-8-10-22-18(11-15)16(12-20-22)17(19)6-2;/h5,8,10-12,14H,1-2,7,9,13,19H2,3-4H3;1H. The Labute approximate surface area is 133 Å². The smallest absolute Gasteiger partial charge is 0.0853 e. The van der Waals surface area contributed by atoms with Crippen LogP contribution in [0.25, 0.3) is 11.2 Å². The van der Waals surface area contributed by atoms with Crippen LogP contribution in [0.1, 0.15) is 27.3 Å². The van der Waals surface area contributed by atoms with E-state index in [9.17, 15) is 0 Å². The molecule has 22 heavy (non-hydrogen) atoms. The molecule has 0 aliphatic heterocycles. The number of anilines is 1. The van der Waals surface area contributed by atoms with Crippen LogP contribution in [0.3, 0.4) is 0 Å². The van der Waals surface area contributed by atoms with Gasteiger partial charge in [0.1, 0.15) is 0 Å². The van der Waals surface area contributed by atoms with Crippen molar-refractivity contribution in [2.75, 3.05) is 18.0 Å². The van der Waals surface area contributed by atoms with E-state index in [0.717, 1.165) is 30.6 Å². The van der Waals surface area contributed by atoms with Gasteiger partial charge in [0, 0.05) is 26.4 Å². The van der Waals surface area contributed by atoms with E-state index in [4.69, 9.17) is 5.73 Å². The number of nitrogens with two attached hydrogens (primary N) is 1. The van der Waals surface area contributed by atoms with Crippen molar-refractivity contribution < 1.29 is 1.43 Å². The van der Waals surface area contributed by atoms with Gasteiger partial charge in [0.05, 0.1) is 23.0 Å². The Hall–Kier alpha value is -2.45. The van der Waals surface area contributed by atoms with Gasteiger partial charge in [-0.1, -0.05) is 26.5 Å². The molecular weight excluding hydrogens is 272 g/mol. The lowest BCUT2D eigenvalue weighted by Crippen LogP contribution is -2.28. The third-order valence-electron chi connectivity index (χ3n) is 3.54. The Balaban J connectivity index is 0.00000264. The third kappa shape index (κ3) is 3.41. The monoisotopic (exact) mass is 298 g/mol. The summed E-state index contributed by atoms with van der Waals surface area (Å²) in [6.45, 7) is 13.8. The minimum Gasteiger partial charge on any atom is -0.392 e. The number of rotatable bonds is 7. The van der Waals surface area contributed by atoms with Gasteiger partial charge in [0.15, 0.2) is 0 Å². The van der Waals surface area contributed by atoms with Crippen molar-refractivity contribution >= 4 is 16.9 Å². The van der Waals surface area contributed by atoms with Gasteiger partial charge in [0.25, 0.3) is 0 Å². The Bertz CT molecular complexity index is 711. The average molecular weight is 298 g/mol. The van der Waals surface area contributed by atoms with Gasteiger partial charge in [0.2, 0.25) is 0 Å². The first kappa shape index (κ1) is 15.9. The summed E-state index contributed by atoms with van der Waals surface area (Å²) in [6.07, 6.45) is 6.63. The molecule has 0 radical (unpaired) electrons. The first-order valence-electron chi connectivity index (χ1n) is 7.56. The summed E-state index contributed by atoms with van der Waals surface area (Å²) in [5, 5.41) is 4.32. The van der Waals surface area contributed by atoms with E-state index in [2.05, 4.69) is 54.9 Å². The summed E-state index contributed by atoms with van der Waals surface area (Å²) in [4.78, 5) is 2.37. The first-order chi connectivity index (χ1) is 10.6. The Morgan fingerprint density at radius 3 is 3.00 bits per heavy atom. The SMILES string of the molecule is C=C=C(N)c1cnn2ccc(N(CCC=C)CC(C)C)cc12.[HH]. The van der Waals surface area contributed by atoms with Crippen molar-refractivity contribution in [3.05, 3.63) is 55.1 Å². The van der Waals surface area contributed by atoms with E-state index in [0.29, 0.717) is 11.6 Å². The molecule has 0 aromatic carbocycles. The van der Waals surface area contributed by atoms with Gasteiger partial charge in [-0.15, -0.1) is 12.3 Å². The van der Waals surface area contributed by atoms with Crippen molar-refractivity contribution in [3.63, 3.8) is 0 Å². The second kappa shape index (κ2) is 7.01. The van der Waals surface area contributed by atoms with Crippen molar-refractivity contribution in [2.45, 2.75) is 20.3 Å². The maximum Gasteiger partial charge on any atom is 0.0853 e. The maximum absolute atomic E-state index is 5.95. The van der Waals surface area contributed by atoms with E-state index in [1.54, 1.807) is 6.20 Å². The van der Waals surface area contributed by atoms with Gasteiger partial charge in [-0.2, -0.15) is 5.10 Å². The largest absolute Gasteiger partial charge is 0.392 e. The molecule has 0 fully saturated rings. The van der Waals surface area contributed by atoms with E-state index in [1.165, 1.54) is 5.69 Å². The zero-order chi connectivity index (χ0) is 16.1. The topological polar surface area (TPSA) is 46.6 Å². The maximum atomic E-state index is 5.95. The fourth-order valence-corrected chi connectivity index (χ4v) is 2.48. The molecule has 0 bridgehead atoms. The average Bonchev–Trinajstić information content (AvgIpc) is 2.93. The molecule has 0 saturated heterocycles. The second-order valence-electron chi connectivity index (χ2n) is 5.78. The van der Waals surface area contributed by atoms with Crippen LogP contribution in [0.2, 0.25) is 0 Å². The number of hydrogen-bond donors (Lipinski definition) is 1. The molecule has 0 aliphatic rings. The minimum atomic E-state index is 0. The number of pyridine rings is 1. The molecule has 0 unspecified atom stereocenters. The predicted molar refractivity (Wildman–Crippen MR) is 95.9 cm³/mol. The molecule has 2 heterocycles. The van der Waals surface area contributed by atoms with Crippen molar-refractivity contribution in [3.8, 4) is 0 Å². The predicted octanol–water partition coefficient (Wildman–Crippen LogP) is 3.70. The van der Waals surface area contributed by atoms with Crippen LogP contribution in [-0.2, 0) is 0 Å². The molecule has 0 saturated carbocycles. The lowest BCUT2D eigenvalue weighted by Gasteiger charge is -2.26. The van der Waals surface area contributed by atoms with Gasteiger partial charge in [-0.05, 0) is 24.5 Å². The van der Waals surface area contributed by atoms with Gasteiger partial charge in [-0.3, -0.25) is 0 Å². The highest BCUT2D eigenvalue weighted by atomic mass is 15.2. The fraction of sp³-hybridized carbons (Fsp3) is 0.333. The normalized spacial score (nSPS) is 10.7. The summed E-state index contributed by atoms with van der Waals surface area (Å²) in [6, 6.07) is 4.21. The number of hydrogen-bond acceptors (Lipinski definition) is 3. The Morgan fingerprint density at radius 2 is 2.36 bits per heavy atom. The Kier molecular flexibility index (Phi) is 5.08. The lowest BCUT2D eigenvalue weighted by molar-refractivity contribution is 0.611. The molecule has 0 atom stereocenters. The van der Waals surface area contributed by atoms with E-state index >= 15 is 0 Å². The van der Waals surface area contributed by atoms with Gasteiger partial charge in [-0.25, -0.2) is 4.52 Å². The van der Waals surface area contributed by atoms with Crippen molar-refractivity contribution in [1.29, 1.82) is 0 Å². The zero-order valence-electron chi connectivity index (χ0n) is 13.4. The quantitative estimate of drug-likeness (QED) is 0.626. The van der Waals surface area contributed by atoms with Crippen LogP contribution in [-0.4, -0.2) is 22.7 Å². The molecule has 2 rings (SSSR count). The molecule has 4 nitrogen and oxygen atoms in total. The number of nitrogens with zero attached hydrogens (tertiary/aromatic N) is 3. The number of fused-ring (bicyclic) bond motifs is 1. The van der Waals surface area contributed by atoms with Crippen LogP contribution < -0.4 is 10.6 Å². The summed E-state index contributed by atoms with van der Waals surface area (Å²) < 4.78 is 1.82. The second-order valence-corrected chi connectivity index (χ2v) is 5.78. The molecule has 0 aliphatic carbocycles. The Morgan fingerprint density at radius 1 is 1.59 bits per heavy atom. The summed E-state index contributed by atoms with van der Waals surface area (Å²) >= 11 is 0. The van der Waals surface area contributed by atoms with Crippen LogP contribution in [0.4, 0.5) is 5.69 Å². The highest BCUT2D eigenvalue weighted by Gasteiger charge is 2.12. The highest BCUT2D eigenvalue weighted by molar-refractivity contribution is 5.78. The van der Waals surface area contributed by atoms with Crippen LogP contribution in [0.15, 0.2) is 49.5 Å².